The Hall–Kier alpha value is -0.360. The number of hydrogen-bond acceptors (Lipinski definition) is 2. The zero-order valence-electron chi connectivity index (χ0n) is 7.95. The SMILES string of the molecule is CP1(=O)CC(=O)C=C2CCCCC21. The van der Waals surface area contributed by atoms with Gasteiger partial charge in [-0.25, -0.2) is 0 Å². The van der Waals surface area contributed by atoms with Crippen LogP contribution in [0.15, 0.2) is 11.6 Å². The van der Waals surface area contributed by atoms with Crippen LogP contribution >= 0.6 is 7.14 Å². The summed E-state index contributed by atoms with van der Waals surface area (Å²) in [6.45, 7) is 1.80. The van der Waals surface area contributed by atoms with Crippen LogP contribution in [0.3, 0.4) is 0 Å². The van der Waals surface area contributed by atoms with Gasteiger partial charge in [0.15, 0.2) is 5.78 Å². The minimum absolute atomic E-state index is 0.0824. The first-order valence-electron chi connectivity index (χ1n) is 4.89. The average molecular weight is 198 g/mol. The van der Waals surface area contributed by atoms with Crippen LogP contribution in [0, 0.1) is 0 Å². The second kappa shape index (κ2) is 3.09. The number of allylic oxidation sites excluding steroid dienone is 2. The third kappa shape index (κ3) is 1.65. The van der Waals surface area contributed by atoms with Crippen LogP contribution in [0.4, 0.5) is 0 Å². The van der Waals surface area contributed by atoms with Gasteiger partial charge in [0.2, 0.25) is 0 Å². The van der Waals surface area contributed by atoms with Gasteiger partial charge in [-0.15, -0.1) is 0 Å². The lowest BCUT2D eigenvalue weighted by atomic mass is 9.93. The number of ketones is 1. The van der Waals surface area contributed by atoms with Crippen LogP contribution in [0.2, 0.25) is 0 Å². The second-order valence-corrected chi connectivity index (χ2v) is 7.57. The summed E-state index contributed by atoms with van der Waals surface area (Å²) in [5.74, 6) is 0.0824. The van der Waals surface area contributed by atoms with Crippen LogP contribution < -0.4 is 0 Å². The molecule has 1 aliphatic heterocycles. The van der Waals surface area contributed by atoms with Crippen LogP contribution in [-0.2, 0) is 9.36 Å². The highest BCUT2D eigenvalue weighted by molar-refractivity contribution is 7.65. The molecule has 1 heterocycles. The van der Waals surface area contributed by atoms with Crippen molar-refractivity contribution in [2.24, 2.45) is 0 Å². The van der Waals surface area contributed by atoms with Gasteiger partial charge in [-0.1, -0.05) is 12.0 Å². The summed E-state index contributed by atoms with van der Waals surface area (Å²) in [5.41, 5.74) is 1.42. The first-order chi connectivity index (χ1) is 6.09. The van der Waals surface area contributed by atoms with Crippen molar-refractivity contribution < 1.29 is 9.36 Å². The van der Waals surface area contributed by atoms with Gasteiger partial charge >= 0.3 is 0 Å². The van der Waals surface area contributed by atoms with Gasteiger partial charge in [0.25, 0.3) is 0 Å². The maximum absolute atomic E-state index is 12.1. The summed E-state index contributed by atoms with van der Waals surface area (Å²) in [4.78, 5) is 11.3. The molecule has 0 amide bonds. The molecule has 0 aromatic carbocycles. The molecule has 0 aromatic heterocycles. The van der Waals surface area contributed by atoms with Gasteiger partial charge in [-0.05, 0) is 32.0 Å². The van der Waals surface area contributed by atoms with Crippen molar-refractivity contribution >= 4 is 12.9 Å². The van der Waals surface area contributed by atoms with E-state index >= 15 is 0 Å². The molecule has 1 saturated carbocycles. The van der Waals surface area contributed by atoms with Crippen molar-refractivity contribution in [1.82, 2.24) is 0 Å². The van der Waals surface area contributed by atoms with Gasteiger partial charge in [0, 0.05) is 5.66 Å². The van der Waals surface area contributed by atoms with E-state index < -0.39 is 7.14 Å². The van der Waals surface area contributed by atoms with Crippen LogP contribution in [0.25, 0.3) is 0 Å². The molecule has 3 heteroatoms. The van der Waals surface area contributed by atoms with Gasteiger partial charge in [0.05, 0.1) is 13.3 Å². The lowest BCUT2D eigenvalue weighted by Gasteiger charge is -2.33. The molecule has 0 bridgehead atoms. The Kier molecular flexibility index (Phi) is 2.19. The average Bonchev–Trinajstić information content (AvgIpc) is 2.02. The first kappa shape index (κ1) is 9.21. The Balaban J connectivity index is 2.36. The van der Waals surface area contributed by atoms with E-state index in [1.54, 1.807) is 12.7 Å². The minimum atomic E-state index is -2.19. The topological polar surface area (TPSA) is 34.1 Å². The largest absolute Gasteiger partial charge is 0.323 e. The van der Waals surface area contributed by atoms with Crippen molar-refractivity contribution in [2.45, 2.75) is 31.3 Å². The van der Waals surface area contributed by atoms with E-state index in [9.17, 15) is 9.36 Å². The van der Waals surface area contributed by atoms with E-state index in [4.69, 9.17) is 0 Å². The van der Waals surface area contributed by atoms with Crippen molar-refractivity contribution in [2.75, 3.05) is 12.8 Å². The van der Waals surface area contributed by atoms with Gasteiger partial charge in [-0.2, -0.15) is 0 Å². The molecule has 1 fully saturated rings. The second-order valence-electron chi connectivity index (χ2n) is 4.28. The van der Waals surface area contributed by atoms with Gasteiger partial charge < -0.3 is 4.57 Å². The van der Waals surface area contributed by atoms with Crippen LogP contribution in [-0.4, -0.2) is 24.3 Å². The molecular formula is C10H15O2P. The van der Waals surface area contributed by atoms with E-state index in [2.05, 4.69) is 0 Å². The predicted octanol–water partition coefficient (Wildman–Crippen LogP) is 2.43. The number of carbonyl (C=O) groups is 1. The van der Waals surface area contributed by atoms with E-state index in [1.165, 1.54) is 12.0 Å². The lowest BCUT2D eigenvalue weighted by Crippen LogP contribution is -2.25. The molecular weight excluding hydrogens is 183 g/mol. The highest BCUT2D eigenvalue weighted by atomic mass is 31.2. The van der Waals surface area contributed by atoms with E-state index in [0.29, 0.717) is 6.16 Å². The fourth-order valence-electron chi connectivity index (χ4n) is 2.48. The molecule has 0 spiro atoms. The van der Waals surface area contributed by atoms with E-state index in [1.807, 2.05) is 0 Å². The zero-order chi connectivity index (χ0) is 9.47. The number of hydrogen-bond donors (Lipinski definition) is 0. The number of carbonyl (C=O) groups excluding carboxylic acids is 1. The van der Waals surface area contributed by atoms with Crippen molar-refractivity contribution in [3.63, 3.8) is 0 Å². The van der Waals surface area contributed by atoms with Gasteiger partial charge in [0.1, 0.15) is 0 Å². The van der Waals surface area contributed by atoms with Crippen molar-refractivity contribution in [1.29, 1.82) is 0 Å². The van der Waals surface area contributed by atoms with Crippen LogP contribution in [0.1, 0.15) is 25.7 Å². The Bertz CT molecular complexity index is 317. The highest BCUT2D eigenvalue weighted by Gasteiger charge is 2.37. The Labute approximate surface area is 78.8 Å². The monoisotopic (exact) mass is 198 g/mol. The molecule has 0 saturated heterocycles. The zero-order valence-corrected chi connectivity index (χ0v) is 8.85. The first-order valence-corrected chi connectivity index (χ1v) is 7.30. The molecule has 0 radical (unpaired) electrons. The Morgan fingerprint density at radius 1 is 1.46 bits per heavy atom. The quantitative estimate of drug-likeness (QED) is 0.560. The molecule has 2 aliphatic rings. The maximum Gasteiger partial charge on any atom is 0.162 e. The van der Waals surface area contributed by atoms with E-state index in [-0.39, 0.29) is 11.4 Å². The lowest BCUT2D eigenvalue weighted by molar-refractivity contribution is -0.112. The predicted molar refractivity (Wildman–Crippen MR) is 53.7 cm³/mol. The normalized spacial score (nSPS) is 39.6. The molecule has 0 aromatic rings. The molecule has 2 atom stereocenters. The Morgan fingerprint density at radius 2 is 2.23 bits per heavy atom. The third-order valence-corrected chi connectivity index (χ3v) is 5.94. The summed E-state index contributed by atoms with van der Waals surface area (Å²) < 4.78 is 12.1. The molecule has 2 unspecified atom stereocenters. The van der Waals surface area contributed by atoms with Crippen molar-refractivity contribution in [3.05, 3.63) is 11.6 Å². The minimum Gasteiger partial charge on any atom is -0.323 e. The Morgan fingerprint density at radius 3 is 3.00 bits per heavy atom. The molecule has 13 heavy (non-hydrogen) atoms. The summed E-state index contributed by atoms with van der Waals surface area (Å²) in [6, 6.07) is 0. The number of fused-ring (bicyclic) bond motifs is 1. The standard InChI is InChI=1S/C10H15O2P/c1-13(12)7-9(11)6-8-4-2-3-5-10(8)13/h6,10H,2-5,7H2,1H3. The maximum atomic E-state index is 12.1. The molecule has 2 nitrogen and oxygen atoms in total. The molecule has 2 rings (SSSR count). The summed E-state index contributed by atoms with van der Waals surface area (Å²) in [5, 5.41) is 0. The molecule has 0 N–H and O–H groups in total. The molecule has 1 aliphatic carbocycles. The molecule has 72 valence electrons. The van der Waals surface area contributed by atoms with Crippen LogP contribution in [0.5, 0.6) is 0 Å². The highest BCUT2D eigenvalue weighted by Crippen LogP contribution is 2.56. The fourth-order valence-corrected chi connectivity index (χ4v) is 5.05. The summed E-state index contributed by atoms with van der Waals surface area (Å²) in [6.07, 6.45) is 6.43. The van der Waals surface area contributed by atoms with E-state index in [0.717, 1.165) is 19.3 Å². The summed E-state index contributed by atoms with van der Waals surface area (Å²) in [7, 11) is -2.19. The van der Waals surface area contributed by atoms with Gasteiger partial charge in [-0.3, -0.25) is 4.79 Å². The summed E-state index contributed by atoms with van der Waals surface area (Å²) >= 11 is 0. The smallest absolute Gasteiger partial charge is 0.162 e. The third-order valence-electron chi connectivity index (χ3n) is 3.10. The van der Waals surface area contributed by atoms with Crippen molar-refractivity contribution in [3.8, 4) is 0 Å². The fraction of sp³-hybridized carbons (Fsp3) is 0.700. The number of rotatable bonds is 0.